The number of halogens is 3. The molecule has 0 aliphatic heterocycles. The second-order valence-electron chi connectivity index (χ2n) is 7.52. The molecule has 0 radical (unpaired) electrons. The highest BCUT2D eigenvalue weighted by atomic mass is 19.1. The first-order valence-corrected chi connectivity index (χ1v) is 9.91. The summed E-state index contributed by atoms with van der Waals surface area (Å²) in [5.74, 6) is -4.49. The molecule has 0 saturated heterocycles. The number of nitrogens with zero attached hydrogens (tertiary/aromatic N) is 1. The van der Waals surface area contributed by atoms with Gasteiger partial charge in [-0.15, -0.1) is 0 Å². The highest BCUT2D eigenvalue weighted by Gasteiger charge is 2.24. The summed E-state index contributed by atoms with van der Waals surface area (Å²) < 4.78 is 43.3. The zero-order valence-corrected chi connectivity index (χ0v) is 18.0. The molecule has 0 bridgehead atoms. The molecule has 1 heterocycles. The van der Waals surface area contributed by atoms with Gasteiger partial charge in [-0.05, 0) is 36.8 Å². The lowest BCUT2D eigenvalue weighted by molar-refractivity contribution is -0.137. The number of aromatic nitrogens is 1. The number of carbonyl (C=O) groups excluding carboxylic acids is 1. The van der Waals surface area contributed by atoms with Gasteiger partial charge in [-0.2, -0.15) is 0 Å². The van der Waals surface area contributed by atoms with Crippen molar-refractivity contribution in [2.75, 3.05) is 5.32 Å². The average Bonchev–Trinajstić information content (AvgIpc) is 2.75. The molecule has 1 atom stereocenters. The van der Waals surface area contributed by atoms with E-state index in [2.05, 4.69) is 10.6 Å². The van der Waals surface area contributed by atoms with Crippen LogP contribution in [0.4, 0.5) is 23.7 Å². The lowest BCUT2D eigenvalue weighted by Crippen LogP contribution is -2.36. The SMILES string of the molecule is Cc1cc(O)c(NC(=O)N[C@@H](CC(=O)O)c2cc(-c3ccc(F)cc3F)ccc2F)c(=O)n1C. The molecule has 0 unspecified atom stereocenters. The molecule has 3 rings (SSSR count). The predicted octanol–water partition coefficient (Wildman–Crippen LogP) is 3.82. The van der Waals surface area contributed by atoms with Gasteiger partial charge in [0.1, 0.15) is 23.2 Å². The van der Waals surface area contributed by atoms with Crippen LogP contribution < -0.4 is 16.2 Å². The number of carboxylic acid groups (broad SMARTS) is 1. The van der Waals surface area contributed by atoms with Gasteiger partial charge in [0.2, 0.25) is 0 Å². The number of aromatic hydroxyl groups is 1. The van der Waals surface area contributed by atoms with E-state index >= 15 is 0 Å². The second-order valence-corrected chi connectivity index (χ2v) is 7.52. The number of carbonyl (C=O) groups is 2. The topological polar surface area (TPSA) is 121 Å². The van der Waals surface area contributed by atoms with Gasteiger partial charge >= 0.3 is 12.0 Å². The molecule has 0 fully saturated rings. The maximum atomic E-state index is 14.6. The molecule has 0 aliphatic carbocycles. The summed E-state index contributed by atoms with van der Waals surface area (Å²) in [4.78, 5) is 36.3. The van der Waals surface area contributed by atoms with Gasteiger partial charge in [0.25, 0.3) is 5.56 Å². The molecule has 2 aromatic carbocycles. The molecular formula is C23H20F3N3O5. The summed E-state index contributed by atoms with van der Waals surface area (Å²) >= 11 is 0. The summed E-state index contributed by atoms with van der Waals surface area (Å²) in [7, 11) is 1.42. The maximum Gasteiger partial charge on any atom is 0.319 e. The molecule has 11 heteroatoms. The van der Waals surface area contributed by atoms with Crippen LogP contribution in [0, 0.1) is 24.4 Å². The van der Waals surface area contributed by atoms with E-state index in [0.29, 0.717) is 11.8 Å². The van der Waals surface area contributed by atoms with E-state index in [-0.39, 0.29) is 16.7 Å². The van der Waals surface area contributed by atoms with Crippen LogP contribution >= 0.6 is 0 Å². The molecule has 8 nitrogen and oxygen atoms in total. The molecule has 4 N–H and O–H groups in total. The molecule has 0 spiro atoms. The number of anilines is 1. The van der Waals surface area contributed by atoms with E-state index in [1.807, 2.05) is 0 Å². The van der Waals surface area contributed by atoms with E-state index in [1.54, 1.807) is 6.92 Å². The minimum absolute atomic E-state index is 0.0609. The number of hydrogen-bond donors (Lipinski definition) is 4. The number of amides is 2. The van der Waals surface area contributed by atoms with Crippen LogP contribution in [0.2, 0.25) is 0 Å². The number of carboxylic acids is 1. The number of hydrogen-bond acceptors (Lipinski definition) is 4. The molecule has 2 amide bonds. The number of rotatable bonds is 6. The number of urea groups is 1. The largest absolute Gasteiger partial charge is 0.505 e. The van der Waals surface area contributed by atoms with Gasteiger partial charge < -0.3 is 25.4 Å². The lowest BCUT2D eigenvalue weighted by atomic mass is 9.97. The van der Waals surface area contributed by atoms with Crippen molar-refractivity contribution in [2.24, 2.45) is 7.05 Å². The van der Waals surface area contributed by atoms with Crippen molar-refractivity contribution in [3.05, 3.63) is 81.5 Å². The molecule has 178 valence electrons. The lowest BCUT2D eigenvalue weighted by Gasteiger charge is -2.20. The van der Waals surface area contributed by atoms with Gasteiger partial charge in [0.15, 0.2) is 5.69 Å². The van der Waals surface area contributed by atoms with Gasteiger partial charge in [0.05, 0.1) is 12.5 Å². The van der Waals surface area contributed by atoms with Crippen molar-refractivity contribution >= 4 is 17.7 Å². The minimum atomic E-state index is -1.43. The number of nitrogens with one attached hydrogen (secondary N) is 2. The Morgan fingerprint density at radius 1 is 1.06 bits per heavy atom. The van der Waals surface area contributed by atoms with E-state index in [9.17, 15) is 37.8 Å². The fourth-order valence-corrected chi connectivity index (χ4v) is 3.34. The Bertz CT molecular complexity index is 1340. The zero-order valence-electron chi connectivity index (χ0n) is 18.0. The molecular weight excluding hydrogens is 455 g/mol. The van der Waals surface area contributed by atoms with E-state index in [0.717, 1.165) is 24.3 Å². The number of aliphatic carboxylic acids is 1. The molecule has 3 aromatic rings. The van der Waals surface area contributed by atoms with Crippen molar-refractivity contribution in [3.63, 3.8) is 0 Å². The van der Waals surface area contributed by atoms with Gasteiger partial charge in [-0.25, -0.2) is 18.0 Å². The second kappa shape index (κ2) is 9.69. The number of benzene rings is 2. The van der Waals surface area contributed by atoms with Crippen LogP contribution in [0.3, 0.4) is 0 Å². The van der Waals surface area contributed by atoms with E-state index in [1.165, 1.54) is 23.7 Å². The quantitative estimate of drug-likeness (QED) is 0.432. The Balaban J connectivity index is 1.95. The normalized spacial score (nSPS) is 11.7. The summed E-state index contributed by atoms with van der Waals surface area (Å²) in [5, 5.41) is 23.7. The molecule has 0 aliphatic rings. The fraction of sp³-hybridized carbons (Fsp3) is 0.174. The Morgan fingerprint density at radius 3 is 2.41 bits per heavy atom. The third kappa shape index (κ3) is 5.20. The Morgan fingerprint density at radius 2 is 1.76 bits per heavy atom. The average molecular weight is 475 g/mol. The summed E-state index contributed by atoms with van der Waals surface area (Å²) in [6.45, 7) is 1.56. The summed E-state index contributed by atoms with van der Waals surface area (Å²) in [6.07, 6.45) is -0.752. The van der Waals surface area contributed by atoms with Crippen LogP contribution in [0.25, 0.3) is 11.1 Å². The third-order valence-electron chi connectivity index (χ3n) is 5.19. The monoisotopic (exact) mass is 475 g/mol. The highest BCUT2D eigenvalue weighted by molar-refractivity contribution is 5.91. The number of pyridine rings is 1. The third-order valence-corrected chi connectivity index (χ3v) is 5.19. The molecule has 0 saturated carbocycles. The molecule has 1 aromatic heterocycles. The number of aryl methyl sites for hydroxylation is 1. The van der Waals surface area contributed by atoms with E-state index < -0.39 is 58.9 Å². The summed E-state index contributed by atoms with van der Waals surface area (Å²) in [6, 6.07) is 4.85. The Kier molecular flexibility index (Phi) is 6.94. The van der Waals surface area contributed by atoms with Gasteiger partial charge in [0, 0.05) is 36.0 Å². The smallest absolute Gasteiger partial charge is 0.319 e. The highest BCUT2D eigenvalue weighted by Crippen LogP contribution is 2.29. The van der Waals surface area contributed by atoms with Crippen molar-refractivity contribution < 1.29 is 33.0 Å². The van der Waals surface area contributed by atoms with Gasteiger partial charge in [-0.3, -0.25) is 9.59 Å². The van der Waals surface area contributed by atoms with Crippen molar-refractivity contribution in [3.8, 4) is 16.9 Å². The van der Waals surface area contributed by atoms with Crippen molar-refractivity contribution in [1.29, 1.82) is 0 Å². The van der Waals surface area contributed by atoms with Crippen LogP contribution in [0.5, 0.6) is 5.75 Å². The predicted molar refractivity (Wildman–Crippen MR) is 117 cm³/mol. The van der Waals surface area contributed by atoms with Gasteiger partial charge in [-0.1, -0.05) is 6.07 Å². The van der Waals surface area contributed by atoms with Crippen molar-refractivity contribution in [1.82, 2.24) is 9.88 Å². The van der Waals surface area contributed by atoms with Crippen molar-refractivity contribution in [2.45, 2.75) is 19.4 Å². The fourth-order valence-electron chi connectivity index (χ4n) is 3.34. The molecule has 34 heavy (non-hydrogen) atoms. The summed E-state index contributed by atoms with van der Waals surface area (Å²) in [5.41, 5.74) is -0.973. The standard InChI is InChI=1S/C23H20F3N3O5/c1-11-7-19(30)21(22(33)29(11)2)28-23(34)27-18(10-20(31)32)15-8-12(3-6-16(15)25)14-5-4-13(24)9-17(14)26/h3-9,18,30H,10H2,1-2H3,(H,31,32)(H2,27,28,34)/t18-/m0/s1. The Labute approximate surface area is 191 Å². The Hall–Kier alpha value is -4.28. The first-order chi connectivity index (χ1) is 16.0. The maximum absolute atomic E-state index is 14.6. The first-order valence-electron chi connectivity index (χ1n) is 9.91. The van der Waals surface area contributed by atoms with Crippen LogP contribution in [0.1, 0.15) is 23.7 Å². The zero-order chi connectivity index (χ0) is 25.2. The van der Waals surface area contributed by atoms with E-state index in [4.69, 9.17) is 0 Å². The van der Waals surface area contributed by atoms with Crippen LogP contribution in [-0.2, 0) is 11.8 Å². The first kappa shape index (κ1) is 24.4. The minimum Gasteiger partial charge on any atom is -0.505 e. The van der Waals surface area contributed by atoms with Crippen LogP contribution in [0.15, 0.2) is 47.3 Å². The van der Waals surface area contributed by atoms with Crippen LogP contribution in [-0.4, -0.2) is 26.8 Å².